The summed E-state index contributed by atoms with van der Waals surface area (Å²) >= 11 is 1.97. The minimum atomic E-state index is -0.0716. The lowest BCUT2D eigenvalue weighted by atomic mass is 10.0. The molecular formula is C14H18OS. The fraction of sp³-hybridized carbons (Fsp3) is 0.571. The van der Waals surface area contributed by atoms with Gasteiger partial charge in [-0.3, -0.25) is 0 Å². The average Bonchev–Trinajstić information content (AvgIpc) is 2.95. The van der Waals surface area contributed by atoms with Crippen LogP contribution >= 0.6 is 11.8 Å². The summed E-state index contributed by atoms with van der Waals surface area (Å²) in [7, 11) is 0. The maximum absolute atomic E-state index is 10.3. The SMILES string of the molecule is OC(C1CCCS1)C1CC1c1ccccc1. The Kier molecular flexibility index (Phi) is 2.95. The predicted molar refractivity (Wildman–Crippen MR) is 68.8 cm³/mol. The summed E-state index contributed by atoms with van der Waals surface area (Å²) in [6.45, 7) is 0. The number of aliphatic hydroxyl groups is 1. The Morgan fingerprint density at radius 2 is 2.06 bits per heavy atom. The summed E-state index contributed by atoms with van der Waals surface area (Å²) in [6, 6.07) is 10.6. The van der Waals surface area contributed by atoms with Gasteiger partial charge in [0.25, 0.3) is 0 Å². The zero-order chi connectivity index (χ0) is 11.0. The average molecular weight is 234 g/mol. The van der Waals surface area contributed by atoms with E-state index in [2.05, 4.69) is 30.3 Å². The zero-order valence-electron chi connectivity index (χ0n) is 9.38. The molecule has 1 heterocycles. The number of aliphatic hydroxyl groups excluding tert-OH is 1. The summed E-state index contributed by atoms with van der Waals surface area (Å²) in [4.78, 5) is 0. The van der Waals surface area contributed by atoms with E-state index in [0.29, 0.717) is 17.1 Å². The van der Waals surface area contributed by atoms with E-state index in [-0.39, 0.29) is 6.10 Å². The first kappa shape index (κ1) is 10.7. The van der Waals surface area contributed by atoms with E-state index in [0.717, 1.165) is 0 Å². The number of benzene rings is 1. The van der Waals surface area contributed by atoms with Crippen molar-refractivity contribution in [3.63, 3.8) is 0 Å². The van der Waals surface area contributed by atoms with Crippen molar-refractivity contribution in [1.29, 1.82) is 0 Å². The minimum Gasteiger partial charge on any atom is -0.392 e. The highest BCUT2D eigenvalue weighted by molar-refractivity contribution is 8.00. The van der Waals surface area contributed by atoms with Crippen LogP contribution in [0.4, 0.5) is 0 Å². The van der Waals surface area contributed by atoms with Gasteiger partial charge in [0, 0.05) is 5.25 Å². The second-order valence-electron chi connectivity index (χ2n) is 4.96. The lowest BCUT2D eigenvalue weighted by Crippen LogP contribution is -2.23. The first-order valence-electron chi connectivity index (χ1n) is 6.21. The molecule has 1 aromatic carbocycles. The first-order valence-corrected chi connectivity index (χ1v) is 7.26. The van der Waals surface area contributed by atoms with Gasteiger partial charge in [-0.2, -0.15) is 11.8 Å². The molecule has 2 aliphatic rings. The fourth-order valence-electron chi connectivity index (χ4n) is 2.82. The van der Waals surface area contributed by atoms with Crippen LogP contribution in [0.1, 0.15) is 30.7 Å². The number of hydrogen-bond donors (Lipinski definition) is 1. The molecule has 3 rings (SSSR count). The molecule has 2 heteroatoms. The van der Waals surface area contributed by atoms with Gasteiger partial charge in [0.1, 0.15) is 0 Å². The van der Waals surface area contributed by atoms with Crippen LogP contribution in [0.2, 0.25) is 0 Å². The highest BCUT2D eigenvalue weighted by atomic mass is 32.2. The van der Waals surface area contributed by atoms with Crippen molar-refractivity contribution in [2.45, 2.75) is 36.5 Å². The molecule has 1 aliphatic heterocycles. The second-order valence-corrected chi connectivity index (χ2v) is 6.31. The molecular weight excluding hydrogens is 216 g/mol. The van der Waals surface area contributed by atoms with E-state index in [4.69, 9.17) is 0 Å². The molecule has 2 fully saturated rings. The van der Waals surface area contributed by atoms with Crippen molar-refractivity contribution in [1.82, 2.24) is 0 Å². The van der Waals surface area contributed by atoms with E-state index in [1.807, 2.05) is 11.8 Å². The molecule has 0 radical (unpaired) electrons. The van der Waals surface area contributed by atoms with Crippen LogP contribution in [0.5, 0.6) is 0 Å². The predicted octanol–water partition coefficient (Wildman–Crippen LogP) is 3.05. The number of rotatable bonds is 3. The van der Waals surface area contributed by atoms with Crippen LogP contribution < -0.4 is 0 Å². The highest BCUT2D eigenvalue weighted by Crippen LogP contribution is 2.52. The third-order valence-electron chi connectivity index (χ3n) is 3.85. The van der Waals surface area contributed by atoms with E-state index < -0.39 is 0 Å². The largest absolute Gasteiger partial charge is 0.392 e. The van der Waals surface area contributed by atoms with Crippen molar-refractivity contribution in [2.24, 2.45) is 5.92 Å². The Hall–Kier alpha value is -0.470. The molecule has 0 bridgehead atoms. The minimum absolute atomic E-state index is 0.0716. The van der Waals surface area contributed by atoms with E-state index in [9.17, 15) is 5.11 Å². The molecule has 0 aromatic heterocycles. The quantitative estimate of drug-likeness (QED) is 0.867. The van der Waals surface area contributed by atoms with Crippen LogP contribution in [0.3, 0.4) is 0 Å². The van der Waals surface area contributed by atoms with Crippen molar-refractivity contribution in [3.05, 3.63) is 35.9 Å². The maximum Gasteiger partial charge on any atom is 0.0692 e. The standard InChI is InChI=1S/C14H18OS/c15-14(13-7-4-8-16-13)12-9-11(12)10-5-2-1-3-6-10/h1-3,5-6,11-15H,4,7-9H2. The van der Waals surface area contributed by atoms with E-state index >= 15 is 0 Å². The monoisotopic (exact) mass is 234 g/mol. The van der Waals surface area contributed by atoms with E-state index in [1.54, 1.807) is 0 Å². The zero-order valence-corrected chi connectivity index (χ0v) is 10.2. The molecule has 1 aliphatic carbocycles. The molecule has 1 saturated heterocycles. The van der Waals surface area contributed by atoms with Gasteiger partial charge in [-0.1, -0.05) is 30.3 Å². The third kappa shape index (κ3) is 2.01. The van der Waals surface area contributed by atoms with Crippen LogP contribution in [-0.2, 0) is 0 Å². The molecule has 1 aromatic rings. The summed E-state index contributed by atoms with van der Waals surface area (Å²) in [5.41, 5.74) is 1.41. The molecule has 1 saturated carbocycles. The van der Waals surface area contributed by atoms with E-state index in [1.165, 1.54) is 30.6 Å². The van der Waals surface area contributed by atoms with Crippen LogP contribution in [-0.4, -0.2) is 22.2 Å². The van der Waals surface area contributed by atoms with Gasteiger partial charge in [-0.05, 0) is 42.4 Å². The van der Waals surface area contributed by atoms with Crippen molar-refractivity contribution < 1.29 is 5.11 Å². The molecule has 4 atom stereocenters. The third-order valence-corrected chi connectivity index (χ3v) is 5.32. The summed E-state index contributed by atoms with van der Waals surface area (Å²) < 4.78 is 0. The van der Waals surface area contributed by atoms with Crippen molar-refractivity contribution in [2.75, 3.05) is 5.75 Å². The topological polar surface area (TPSA) is 20.2 Å². The Morgan fingerprint density at radius 1 is 1.25 bits per heavy atom. The molecule has 1 N–H and O–H groups in total. The molecule has 86 valence electrons. The van der Waals surface area contributed by atoms with Crippen LogP contribution in [0.25, 0.3) is 0 Å². The lowest BCUT2D eigenvalue weighted by molar-refractivity contribution is 0.144. The Morgan fingerprint density at radius 3 is 2.75 bits per heavy atom. The Balaban J connectivity index is 1.63. The lowest BCUT2D eigenvalue weighted by Gasteiger charge is -2.16. The normalized spacial score (nSPS) is 34.9. The van der Waals surface area contributed by atoms with Crippen LogP contribution in [0, 0.1) is 5.92 Å². The maximum atomic E-state index is 10.3. The summed E-state index contributed by atoms with van der Waals surface area (Å²) in [5.74, 6) is 2.39. The smallest absolute Gasteiger partial charge is 0.0692 e. The van der Waals surface area contributed by atoms with Gasteiger partial charge in [-0.25, -0.2) is 0 Å². The second kappa shape index (κ2) is 4.42. The fourth-order valence-corrected chi connectivity index (χ4v) is 4.19. The van der Waals surface area contributed by atoms with Gasteiger partial charge in [-0.15, -0.1) is 0 Å². The first-order chi connectivity index (χ1) is 7.86. The van der Waals surface area contributed by atoms with Gasteiger partial charge in [0.2, 0.25) is 0 Å². The molecule has 16 heavy (non-hydrogen) atoms. The number of hydrogen-bond acceptors (Lipinski definition) is 2. The molecule has 0 amide bonds. The van der Waals surface area contributed by atoms with Gasteiger partial charge >= 0.3 is 0 Å². The summed E-state index contributed by atoms with van der Waals surface area (Å²) in [6.07, 6.45) is 3.61. The van der Waals surface area contributed by atoms with Crippen molar-refractivity contribution >= 4 is 11.8 Å². The molecule has 1 nitrogen and oxygen atoms in total. The summed E-state index contributed by atoms with van der Waals surface area (Å²) in [5, 5.41) is 10.8. The Labute approximate surface area is 101 Å². The van der Waals surface area contributed by atoms with Gasteiger partial charge in [0.15, 0.2) is 0 Å². The van der Waals surface area contributed by atoms with Crippen LogP contribution in [0.15, 0.2) is 30.3 Å². The Bertz CT molecular complexity index is 345. The number of thioether (sulfide) groups is 1. The van der Waals surface area contributed by atoms with Gasteiger partial charge < -0.3 is 5.11 Å². The van der Waals surface area contributed by atoms with Gasteiger partial charge in [0.05, 0.1) is 6.10 Å². The highest BCUT2D eigenvalue weighted by Gasteiger charge is 2.46. The van der Waals surface area contributed by atoms with Crippen molar-refractivity contribution in [3.8, 4) is 0 Å². The molecule has 0 spiro atoms. The molecule has 4 unspecified atom stereocenters.